The standard InChI is InChI=1S/C34H51N3O3S/c1-2-3-4-5-6-7-8-9-10-11-18-26-32(41)35-27-20-19-25-31(33(38)36-30-23-16-13-17-24-30)37-34(39)40-28-29-21-14-12-15-22-29/h12-17,21-24,31H,2-11,18-20,25-28H2,1H3,(H,35,41)(H,36,38)(H,37,39). The Labute approximate surface area is 253 Å². The lowest BCUT2D eigenvalue weighted by Crippen LogP contribution is -2.44. The zero-order valence-corrected chi connectivity index (χ0v) is 25.8. The monoisotopic (exact) mass is 581 g/mol. The molecule has 0 aliphatic heterocycles. The van der Waals surface area contributed by atoms with Crippen LogP contribution in [0.1, 0.15) is 109 Å². The summed E-state index contributed by atoms with van der Waals surface area (Å²) in [4.78, 5) is 26.3. The third-order valence-electron chi connectivity index (χ3n) is 7.11. The van der Waals surface area contributed by atoms with E-state index in [1.807, 2.05) is 60.7 Å². The summed E-state index contributed by atoms with van der Waals surface area (Å²) in [5.74, 6) is -0.257. The lowest BCUT2D eigenvalue weighted by Gasteiger charge is -2.18. The van der Waals surface area contributed by atoms with Crippen molar-refractivity contribution in [1.82, 2.24) is 10.6 Å². The average Bonchev–Trinajstić information content (AvgIpc) is 2.99. The van der Waals surface area contributed by atoms with E-state index in [9.17, 15) is 9.59 Å². The molecule has 1 unspecified atom stereocenters. The van der Waals surface area contributed by atoms with E-state index in [1.165, 1.54) is 64.2 Å². The normalized spacial score (nSPS) is 11.4. The van der Waals surface area contributed by atoms with Crippen LogP contribution in [-0.4, -0.2) is 29.6 Å². The molecular formula is C34H51N3O3S. The van der Waals surface area contributed by atoms with Crippen LogP contribution in [0.15, 0.2) is 60.7 Å². The Morgan fingerprint density at radius 2 is 1.34 bits per heavy atom. The van der Waals surface area contributed by atoms with E-state index in [1.54, 1.807) is 0 Å². The Balaban J connectivity index is 1.61. The summed E-state index contributed by atoms with van der Waals surface area (Å²) in [7, 11) is 0. The lowest BCUT2D eigenvalue weighted by molar-refractivity contribution is -0.118. The summed E-state index contributed by atoms with van der Waals surface area (Å²) in [6.45, 7) is 3.18. The highest BCUT2D eigenvalue weighted by Gasteiger charge is 2.21. The molecule has 0 heterocycles. The van der Waals surface area contributed by atoms with Crippen molar-refractivity contribution in [3.05, 3.63) is 66.2 Å². The first kappa shape index (κ1) is 34.3. The molecule has 0 saturated heterocycles. The van der Waals surface area contributed by atoms with Crippen molar-refractivity contribution in [3.8, 4) is 0 Å². The molecule has 0 saturated carbocycles. The number of unbranched alkanes of at least 4 members (excludes halogenated alkanes) is 11. The Morgan fingerprint density at radius 3 is 1.98 bits per heavy atom. The summed E-state index contributed by atoms with van der Waals surface area (Å²) in [5.41, 5.74) is 1.58. The number of thiocarbonyl (C=S) groups is 1. The topological polar surface area (TPSA) is 79.5 Å². The zero-order chi connectivity index (χ0) is 29.4. The highest BCUT2D eigenvalue weighted by atomic mass is 32.1. The fourth-order valence-electron chi connectivity index (χ4n) is 4.67. The van der Waals surface area contributed by atoms with Crippen molar-refractivity contribution in [1.29, 1.82) is 0 Å². The zero-order valence-electron chi connectivity index (χ0n) is 25.0. The van der Waals surface area contributed by atoms with E-state index in [-0.39, 0.29) is 12.5 Å². The average molecular weight is 582 g/mol. The van der Waals surface area contributed by atoms with Gasteiger partial charge in [0.15, 0.2) is 0 Å². The molecule has 2 amide bonds. The Morgan fingerprint density at radius 1 is 0.756 bits per heavy atom. The number of benzene rings is 2. The van der Waals surface area contributed by atoms with Gasteiger partial charge in [0.05, 0.1) is 4.99 Å². The van der Waals surface area contributed by atoms with E-state index in [2.05, 4.69) is 22.9 Å². The lowest BCUT2D eigenvalue weighted by atomic mass is 10.1. The fraction of sp³-hybridized carbons (Fsp3) is 0.559. The van der Waals surface area contributed by atoms with Gasteiger partial charge >= 0.3 is 6.09 Å². The van der Waals surface area contributed by atoms with Crippen molar-refractivity contribution in [2.24, 2.45) is 0 Å². The molecule has 2 aromatic carbocycles. The number of hydrogen-bond acceptors (Lipinski definition) is 4. The van der Waals surface area contributed by atoms with Gasteiger partial charge in [0.1, 0.15) is 12.6 Å². The van der Waals surface area contributed by atoms with Crippen LogP contribution in [0.4, 0.5) is 10.5 Å². The largest absolute Gasteiger partial charge is 0.445 e. The highest BCUT2D eigenvalue weighted by Crippen LogP contribution is 2.13. The highest BCUT2D eigenvalue weighted by molar-refractivity contribution is 7.80. The van der Waals surface area contributed by atoms with Gasteiger partial charge < -0.3 is 20.7 Å². The summed E-state index contributed by atoms with van der Waals surface area (Å²) >= 11 is 5.52. The molecule has 0 bridgehead atoms. The molecular weight excluding hydrogens is 530 g/mol. The van der Waals surface area contributed by atoms with Gasteiger partial charge in [0.2, 0.25) is 5.91 Å². The van der Waals surface area contributed by atoms with Crippen molar-refractivity contribution in [2.75, 3.05) is 11.9 Å². The molecule has 0 aliphatic carbocycles. The van der Waals surface area contributed by atoms with Crippen molar-refractivity contribution in [2.45, 2.75) is 116 Å². The fourth-order valence-corrected chi connectivity index (χ4v) is 4.91. The number of ether oxygens (including phenoxy) is 1. The number of para-hydroxylation sites is 1. The minimum atomic E-state index is -0.693. The van der Waals surface area contributed by atoms with Gasteiger partial charge in [0, 0.05) is 12.2 Å². The third-order valence-corrected chi connectivity index (χ3v) is 7.46. The molecule has 0 spiro atoms. The number of rotatable bonds is 22. The third kappa shape index (κ3) is 17.5. The van der Waals surface area contributed by atoms with Crippen molar-refractivity contribution < 1.29 is 14.3 Å². The summed E-state index contributed by atoms with van der Waals surface area (Å²) in [6, 6.07) is 18.0. The molecule has 226 valence electrons. The predicted octanol–water partition coefficient (Wildman–Crippen LogP) is 8.71. The molecule has 3 N–H and O–H groups in total. The minimum absolute atomic E-state index is 0.153. The summed E-state index contributed by atoms with van der Waals surface area (Å²) < 4.78 is 5.35. The second-order valence-corrected chi connectivity index (χ2v) is 11.2. The summed E-state index contributed by atoms with van der Waals surface area (Å²) in [5, 5.41) is 9.00. The van der Waals surface area contributed by atoms with Crippen molar-refractivity contribution >= 4 is 34.9 Å². The van der Waals surface area contributed by atoms with Gasteiger partial charge in [0.25, 0.3) is 0 Å². The van der Waals surface area contributed by atoms with Gasteiger partial charge in [-0.1, -0.05) is 132 Å². The molecule has 6 nitrogen and oxygen atoms in total. The summed E-state index contributed by atoms with van der Waals surface area (Å²) in [6.07, 6.45) is 17.1. The molecule has 0 radical (unpaired) electrons. The van der Waals surface area contributed by atoms with Gasteiger partial charge in [-0.25, -0.2) is 4.79 Å². The molecule has 2 rings (SSSR count). The van der Waals surface area contributed by atoms with Crippen LogP contribution in [0.5, 0.6) is 0 Å². The quantitative estimate of drug-likeness (QED) is 0.0957. The second kappa shape index (κ2) is 22.7. The van der Waals surface area contributed by atoms with Gasteiger partial charge in [-0.05, 0) is 49.8 Å². The number of anilines is 1. The van der Waals surface area contributed by atoms with Crippen LogP contribution in [0.3, 0.4) is 0 Å². The van der Waals surface area contributed by atoms with Crippen molar-refractivity contribution in [3.63, 3.8) is 0 Å². The molecule has 1 atom stereocenters. The number of hydrogen-bond donors (Lipinski definition) is 3. The van der Waals surface area contributed by atoms with Gasteiger partial charge in [-0.2, -0.15) is 0 Å². The Bertz CT molecular complexity index is 972. The number of amides is 2. The van der Waals surface area contributed by atoms with Crippen LogP contribution >= 0.6 is 12.2 Å². The number of carbonyl (C=O) groups excluding carboxylic acids is 2. The molecule has 0 fully saturated rings. The number of alkyl carbamates (subject to hydrolysis) is 1. The van der Waals surface area contributed by atoms with E-state index >= 15 is 0 Å². The number of carbonyl (C=O) groups is 2. The maximum atomic E-state index is 13.0. The van der Waals surface area contributed by atoms with Crippen LogP contribution in [-0.2, 0) is 16.1 Å². The second-order valence-electron chi connectivity index (χ2n) is 10.7. The van der Waals surface area contributed by atoms with Crippen LogP contribution in [0, 0.1) is 0 Å². The first-order valence-electron chi connectivity index (χ1n) is 15.7. The molecule has 7 heteroatoms. The van der Waals surface area contributed by atoms with E-state index in [0.717, 1.165) is 42.8 Å². The maximum absolute atomic E-state index is 13.0. The van der Waals surface area contributed by atoms with Gasteiger partial charge in [-0.3, -0.25) is 4.79 Å². The van der Waals surface area contributed by atoms with Gasteiger partial charge in [-0.15, -0.1) is 0 Å². The first-order chi connectivity index (χ1) is 20.1. The smallest absolute Gasteiger partial charge is 0.408 e. The molecule has 0 aliphatic rings. The minimum Gasteiger partial charge on any atom is -0.445 e. The van der Waals surface area contributed by atoms with E-state index in [4.69, 9.17) is 17.0 Å². The van der Waals surface area contributed by atoms with Crippen LogP contribution < -0.4 is 16.0 Å². The number of nitrogens with one attached hydrogen (secondary N) is 3. The van der Waals surface area contributed by atoms with E-state index < -0.39 is 12.1 Å². The first-order valence-corrected chi connectivity index (χ1v) is 16.1. The van der Waals surface area contributed by atoms with Crippen LogP contribution in [0.25, 0.3) is 0 Å². The predicted molar refractivity (Wildman–Crippen MR) is 174 cm³/mol. The molecule has 41 heavy (non-hydrogen) atoms. The Kier molecular flexibility index (Phi) is 19.0. The Hall–Kier alpha value is -2.93. The van der Waals surface area contributed by atoms with E-state index in [0.29, 0.717) is 12.1 Å². The molecule has 2 aromatic rings. The SMILES string of the molecule is CCCCCCCCCCCCCC(=S)NCCCCC(NC(=O)OCc1ccccc1)C(=O)Nc1ccccc1. The maximum Gasteiger partial charge on any atom is 0.408 e. The van der Waals surface area contributed by atoms with Crippen LogP contribution in [0.2, 0.25) is 0 Å². The molecule has 0 aromatic heterocycles.